The number of benzene rings is 3. The minimum absolute atomic E-state index is 0.0987. The van der Waals surface area contributed by atoms with E-state index in [-0.39, 0.29) is 11.3 Å². The van der Waals surface area contributed by atoms with E-state index in [1.807, 2.05) is 36.9 Å². The Morgan fingerprint density at radius 1 is 0.882 bits per heavy atom. The Morgan fingerprint density at radius 3 is 2.18 bits per heavy atom. The summed E-state index contributed by atoms with van der Waals surface area (Å²) < 4.78 is 5.57. The second-order valence-electron chi connectivity index (χ2n) is 9.13. The van der Waals surface area contributed by atoms with Gasteiger partial charge in [0, 0.05) is 30.6 Å². The molecule has 1 amide bonds. The fraction of sp³-hybridized carbons (Fsp3) is 0.367. The van der Waals surface area contributed by atoms with Crippen LogP contribution in [0.2, 0.25) is 0 Å². The molecule has 1 fully saturated rings. The molecule has 1 heterocycles. The molecule has 0 unspecified atom stereocenters. The zero-order chi connectivity index (χ0) is 24.0. The lowest BCUT2D eigenvalue weighted by molar-refractivity contribution is 0.0773. The second-order valence-corrected chi connectivity index (χ2v) is 9.13. The van der Waals surface area contributed by atoms with E-state index in [2.05, 4.69) is 65.6 Å². The van der Waals surface area contributed by atoms with E-state index in [4.69, 9.17) is 4.74 Å². The molecule has 0 atom stereocenters. The molecule has 0 N–H and O–H groups in total. The first-order valence-corrected chi connectivity index (χ1v) is 12.4. The summed E-state index contributed by atoms with van der Waals surface area (Å²) in [5.41, 5.74) is 4.58. The van der Waals surface area contributed by atoms with Gasteiger partial charge in [-0.15, -0.1) is 0 Å². The molecule has 0 radical (unpaired) electrons. The number of carbonyl (C=O) groups excluding carboxylic acids is 1. The van der Waals surface area contributed by atoms with Gasteiger partial charge in [-0.05, 0) is 80.7 Å². The zero-order valence-electron chi connectivity index (χ0n) is 20.7. The zero-order valence-corrected chi connectivity index (χ0v) is 20.7. The molecular weight excluding hydrogens is 420 g/mol. The lowest BCUT2D eigenvalue weighted by Gasteiger charge is -2.43. The van der Waals surface area contributed by atoms with Gasteiger partial charge in [-0.25, -0.2) is 0 Å². The number of likely N-dealkylation sites (tertiary alicyclic amines) is 1. The molecule has 3 aromatic carbocycles. The SMILES string of the molecule is CCN(CC)C(=O)c1ccc(C2(c3cccc(OC)c3)CCN(Cc3ccccc3)CC2)cc1. The molecule has 0 aromatic heterocycles. The van der Waals surface area contributed by atoms with Crippen LogP contribution in [-0.4, -0.2) is 49.0 Å². The van der Waals surface area contributed by atoms with Crippen molar-refractivity contribution in [3.05, 3.63) is 101 Å². The Morgan fingerprint density at radius 2 is 1.56 bits per heavy atom. The fourth-order valence-electron chi connectivity index (χ4n) is 5.22. The van der Waals surface area contributed by atoms with E-state index in [0.29, 0.717) is 0 Å². The molecule has 1 aliphatic rings. The molecule has 0 spiro atoms. The van der Waals surface area contributed by atoms with Crippen LogP contribution in [-0.2, 0) is 12.0 Å². The molecular formula is C30H36N2O2. The summed E-state index contributed by atoms with van der Waals surface area (Å²) >= 11 is 0. The number of amides is 1. The average Bonchev–Trinajstić information content (AvgIpc) is 2.90. The summed E-state index contributed by atoms with van der Waals surface area (Å²) in [6, 6.07) is 27.6. The third kappa shape index (κ3) is 5.02. The Kier molecular flexibility index (Phi) is 7.69. The van der Waals surface area contributed by atoms with Gasteiger partial charge in [0.2, 0.25) is 0 Å². The number of nitrogens with zero attached hydrogens (tertiary/aromatic N) is 2. The highest BCUT2D eigenvalue weighted by molar-refractivity contribution is 5.94. The molecule has 1 saturated heterocycles. The molecule has 178 valence electrons. The first-order chi connectivity index (χ1) is 16.6. The second kappa shape index (κ2) is 10.9. The van der Waals surface area contributed by atoms with Crippen molar-refractivity contribution in [2.75, 3.05) is 33.3 Å². The van der Waals surface area contributed by atoms with Crippen molar-refractivity contribution in [2.45, 2.75) is 38.6 Å². The van der Waals surface area contributed by atoms with Gasteiger partial charge < -0.3 is 9.64 Å². The van der Waals surface area contributed by atoms with E-state index >= 15 is 0 Å². The highest BCUT2D eigenvalue weighted by Gasteiger charge is 2.38. The molecule has 4 rings (SSSR count). The van der Waals surface area contributed by atoms with Gasteiger partial charge >= 0.3 is 0 Å². The molecule has 4 heteroatoms. The van der Waals surface area contributed by atoms with E-state index in [1.165, 1.54) is 16.7 Å². The summed E-state index contributed by atoms with van der Waals surface area (Å²) in [7, 11) is 1.72. The van der Waals surface area contributed by atoms with Gasteiger partial charge in [-0.3, -0.25) is 9.69 Å². The van der Waals surface area contributed by atoms with Crippen LogP contribution >= 0.6 is 0 Å². The molecule has 3 aromatic rings. The maximum Gasteiger partial charge on any atom is 0.253 e. The number of methoxy groups -OCH3 is 1. The van der Waals surface area contributed by atoms with Crippen molar-refractivity contribution in [1.82, 2.24) is 9.80 Å². The van der Waals surface area contributed by atoms with Crippen LogP contribution in [0.1, 0.15) is 53.7 Å². The largest absolute Gasteiger partial charge is 0.497 e. The van der Waals surface area contributed by atoms with Gasteiger partial charge in [0.1, 0.15) is 5.75 Å². The minimum Gasteiger partial charge on any atom is -0.497 e. The van der Waals surface area contributed by atoms with Crippen LogP contribution in [0.4, 0.5) is 0 Å². The molecule has 0 saturated carbocycles. The highest BCUT2D eigenvalue weighted by Crippen LogP contribution is 2.43. The fourth-order valence-corrected chi connectivity index (χ4v) is 5.22. The summed E-state index contributed by atoms with van der Waals surface area (Å²) in [4.78, 5) is 17.3. The van der Waals surface area contributed by atoms with Crippen molar-refractivity contribution >= 4 is 5.91 Å². The van der Waals surface area contributed by atoms with Crippen LogP contribution in [0.25, 0.3) is 0 Å². The number of hydrogen-bond donors (Lipinski definition) is 0. The maximum absolute atomic E-state index is 12.8. The van der Waals surface area contributed by atoms with Crippen LogP contribution in [0.5, 0.6) is 5.75 Å². The Bertz CT molecular complexity index is 1070. The van der Waals surface area contributed by atoms with Crippen molar-refractivity contribution in [3.63, 3.8) is 0 Å². The van der Waals surface area contributed by atoms with Crippen molar-refractivity contribution in [1.29, 1.82) is 0 Å². The van der Waals surface area contributed by atoms with Gasteiger partial charge in [0.25, 0.3) is 5.91 Å². The van der Waals surface area contributed by atoms with Crippen molar-refractivity contribution in [3.8, 4) is 5.75 Å². The first kappa shape index (κ1) is 24.0. The smallest absolute Gasteiger partial charge is 0.253 e. The van der Waals surface area contributed by atoms with Crippen LogP contribution in [0.15, 0.2) is 78.9 Å². The number of piperidine rings is 1. The predicted octanol–water partition coefficient (Wildman–Crippen LogP) is 5.76. The maximum atomic E-state index is 12.8. The normalized spacial score (nSPS) is 15.6. The van der Waals surface area contributed by atoms with Gasteiger partial charge in [-0.1, -0.05) is 54.6 Å². The number of rotatable bonds is 8. The predicted molar refractivity (Wildman–Crippen MR) is 138 cm³/mol. The van der Waals surface area contributed by atoms with Crippen LogP contribution in [0.3, 0.4) is 0 Å². The molecule has 34 heavy (non-hydrogen) atoms. The molecule has 4 nitrogen and oxygen atoms in total. The summed E-state index contributed by atoms with van der Waals surface area (Å²) in [6.45, 7) is 8.52. The van der Waals surface area contributed by atoms with Crippen molar-refractivity contribution in [2.24, 2.45) is 0 Å². The minimum atomic E-state index is -0.0987. The van der Waals surface area contributed by atoms with E-state index in [0.717, 1.165) is 56.9 Å². The van der Waals surface area contributed by atoms with Crippen molar-refractivity contribution < 1.29 is 9.53 Å². The average molecular weight is 457 g/mol. The molecule has 0 bridgehead atoms. The highest BCUT2D eigenvalue weighted by atomic mass is 16.5. The van der Waals surface area contributed by atoms with Crippen LogP contribution < -0.4 is 4.74 Å². The van der Waals surface area contributed by atoms with Gasteiger partial charge in [0.15, 0.2) is 0 Å². The lowest BCUT2D eigenvalue weighted by Crippen LogP contribution is -2.43. The topological polar surface area (TPSA) is 32.8 Å². The Balaban J connectivity index is 1.62. The third-order valence-electron chi connectivity index (χ3n) is 7.32. The number of hydrogen-bond acceptors (Lipinski definition) is 3. The number of carbonyl (C=O) groups is 1. The Hall–Kier alpha value is -3.11. The Labute approximate surface area is 204 Å². The monoisotopic (exact) mass is 456 g/mol. The van der Waals surface area contributed by atoms with Crippen LogP contribution in [0, 0.1) is 0 Å². The van der Waals surface area contributed by atoms with E-state index < -0.39 is 0 Å². The quantitative estimate of drug-likeness (QED) is 0.432. The molecule has 1 aliphatic heterocycles. The standard InChI is InChI=1S/C30H36N2O2/c1-4-32(5-2)29(33)25-14-16-26(17-15-25)30(27-12-9-13-28(22-27)34-3)18-20-31(21-19-30)23-24-10-7-6-8-11-24/h6-17,22H,4-5,18-21,23H2,1-3H3. The summed E-state index contributed by atoms with van der Waals surface area (Å²) in [5, 5.41) is 0. The van der Waals surface area contributed by atoms with E-state index in [9.17, 15) is 4.79 Å². The lowest BCUT2D eigenvalue weighted by atomic mass is 9.68. The third-order valence-corrected chi connectivity index (χ3v) is 7.32. The summed E-state index contributed by atoms with van der Waals surface area (Å²) in [5.74, 6) is 0.988. The molecule has 0 aliphatic carbocycles. The summed E-state index contributed by atoms with van der Waals surface area (Å²) in [6.07, 6.45) is 2.05. The first-order valence-electron chi connectivity index (χ1n) is 12.4. The van der Waals surface area contributed by atoms with Gasteiger partial charge in [0.05, 0.1) is 7.11 Å². The van der Waals surface area contributed by atoms with E-state index in [1.54, 1.807) is 7.11 Å². The number of ether oxygens (including phenoxy) is 1. The van der Waals surface area contributed by atoms with Gasteiger partial charge in [-0.2, -0.15) is 0 Å².